The second-order valence-electron chi connectivity index (χ2n) is 6.87. The van der Waals surface area contributed by atoms with Crippen LogP contribution in [-0.2, 0) is 9.13 Å². The highest BCUT2D eigenvalue weighted by atomic mass is 31.2. The highest BCUT2D eigenvalue weighted by molar-refractivity contribution is 7.72. The predicted molar refractivity (Wildman–Crippen MR) is 112 cm³/mol. The molecule has 0 aliphatic carbocycles. The zero-order chi connectivity index (χ0) is 22.8. The summed E-state index contributed by atoms with van der Waals surface area (Å²) in [7, 11) is -8.98. The zero-order valence-corrected chi connectivity index (χ0v) is 18.9. The molecule has 1 heterocycles. The third-order valence-corrected chi connectivity index (χ3v) is 8.17. The summed E-state index contributed by atoms with van der Waals surface area (Å²) in [4.78, 5) is 49.0. The molecule has 0 unspecified atom stereocenters. The molecular weight excluding hydrogens is 438 g/mol. The van der Waals surface area contributed by atoms with Crippen molar-refractivity contribution in [3.63, 3.8) is 0 Å². The summed E-state index contributed by atoms with van der Waals surface area (Å²) in [5.41, 5.74) is 0. The summed E-state index contributed by atoms with van der Waals surface area (Å²) in [6.07, 6.45) is 3.33. The van der Waals surface area contributed by atoms with E-state index in [1.54, 1.807) is 6.92 Å². The summed E-state index contributed by atoms with van der Waals surface area (Å²) in [6, 6.07) is 0. The number of hydrogen-bond acceptors (Lipinski definition) is 9. The summed E-state index contributed by atoms with van der Waals surface area (Å²) in [5.74, 6) is 1.03. The van der Waals surface area contributed by atoms with E-state index in [2.05, 4.69) is 30.9 Å². The van der Waals surface area contributed by atoms with Gasteiger partial charge in [0.25, 0.3) is 5.08 Å². The first-order valence-electron chi connectivity index (χ1n) is 9.59. The van der Waals surface area contributed by atoms with Crippen LogP contribution in [0.1, 0.15) is 44.3 Å². The van der Waals surface area contributed by atoms with Crippen molar-refractivity contribution >= 4 is 27.1 Å². The van der Waals surface area contributed by atoms with Crippen LogP contribution < -0.4 is 16.0 Å². The van der Waals surface area contributed by atoms with Gasteiger partial charge in [-0.3, -0.25) is 9.13 Å². The fraction of sp³-hybridized carbons (Fsp3) is 0.800. The van der Waals surface area contributed by atoms with Crippen molar-refractivity contribution in [2.75, 3.05) is 37.3 Å². The van der Waals surface area contributed by atoms with Crippen molar-refractivity contribution in [2.45, 2.75) is 50.5 Å². The Labute approximate surface area is 175 Å². The Balaban J connectivity index is 2.52. The number of anilines is 2. The van der Waals surface area contributed by atoms with Crippen molar-refractivity contribution in [3.05, 3.63) is 5.82 Å². The molecule has 13 nitrogen and oxygen atoms in total. The summed E-state index contributed by atoms with van der Waals surface area (Å²) >= 11 is 0. The van der Waals surface area contributed by atoms with Gasteiger partial charge < -0.3 is 40.6 Å². The van der Waals surface area contributed by atoms with Gasteiger partial charge in [-0.2, -0.15) is 15.0 Å². The van der Waals surface area contributed by atoms with Gasteiger partial charge in [-0.05, 0) is 39.8 Å². The van der Waals surface area contributed by atoms with E-state index < -0.39 is 26.7 Å². The topological polar surface area (TPSA) is 210 Å². The van der Waals surface area contributed by atoms with Crippen molar-refractivity contribution in [1.82, 2.24) is 20.3 Å². The molecule has 0 fully saturated rings. The van der Waals surface area contributed by atoms with Gasteiger partial charge in [0.15, 0.2) is 0 Å². The Morgan fingerprint density at radius 2 is 1.27 bits per heavy atom. The monoisotopic (exact) mass is 470 g/mol. The van der Waals surface area contributed by atoms with Crippen molar-refractivity contribution in [1.29, 1.82) is 0 Å². The fourth-order valence-corrected chi connectivity index (χ4v) is 4.86. The molecule has 0 saturated carbocycles. The molecule has 1 aromatic heterocycles. The average molecular weight is 470 g/mol. The number of aromatic nitrogens is 3. The molecule has 0 amide bonds. The zero-order valence-electron chi connectivity index (χ0n) is 17.2. The van der Waals surface area contributed by atoms with E-state index in [0.717, 1.165) is 32.2 Å². The molecule has 0 aromatic carbocycles. The lowest BCUT2D eigenvalue weighted by molar-refractivity contribution is 0.122. The first kappa shape index (κ1) is 26.9. The van der Waals surface area contributed by atoms with Crippen molar-refractivity contribution < 1.29 is 33.8 Å². The quantitative estimate of drug-likeness (QED) is 0.130. The molecule has 0 bridgehead atoms. The Bertz CT molecular complexity index is 735. The SMILES string of the molecule is CNCCCCCCNc1nc(C)nc(NCCCC(O)(P(=O)(O)O)P(=O)(O)O)n1. The third-order valence-electron chi connectivity index (χ3n) is 4.29. The molecule has 0 spiro atoms. The number of rotatable bonds is 15. The molecule has 1 rings (SSSR count). The molecule has 0 saturated heterocycles. The molecule has 0 radical (unpaired) electrons. The second-order valence-corrected chi connectivity index (χ2v) is 10.9. The first-order chi connectivity index (χ1) is 13.9. The fourth-order valence-electron chi connectivity index (χ4n) is 2.61. The highest BCUT2D eigenvalue weighted by Gasteiger charge is 2.58. The average Bonchev–Trinajstić information content (AvgIpc) is 2.62. The first-order valence-corrected chi connectivity index (χ1v) is 12.8. The van der Waals surface area contributed by atoms with E-state index in [1.165, 1.54) is 0 Å². The maximum absolute atomic E-state index is 11.3. The van der Waals surface area contributed by atoms with Crippen LogP contribution in [0.25, 0.3) is 0 Å². The van der Waals surface area contributed by atoms with E-state index in [-0.39, 0.29) is 18.9 Å². The van der Waals surface area contributed by atoms with E-state index >= 15 is 0 Å². The maximum atomic E-state index is 11.3. The van der Waals surface area contributed by atoms with Gasteiger partial charge in [0, 0.05) is 19.5 Å². The van der Waals surface area contributed by atoms with E-state index in [1.807, 2.05) is 7.05 Å². The molecular formula is C15H32N6O7P2. The lowest BCUT2D eigenvalue weighted by Gasteiger charge is -2.29. The molecule has 0 atom stereocenters. The van der Waals surface area contributed by atoms with Crippen LogP contribution in [0, 0.1) is 6.92 Å². The highest BCUT2D eigenvalue weighted by Crippen LogP contribution is 2.69. The Morgan fingerprint density at radius 3 is 1.73 bits per heavy atom. The lowest BCUT2D eigenvalue weighted by Crippen LogP contribution is -2.29. The third kappa shape index (κ3) is 8.52. The number of nitrogens with zero attached hydrogens (tertiary/aromatic N) is 3. The minimum Gasteiger partial charge on any atom is -0.368 e. The summed E-state index contributed by atoms with van der Waals surface area (Å²) in [6.45, 7) is 3.39. The molecule has 8 N–H and O–H groups in total. The lowest BCUT2D eigenvalue weighted by atomic mass is 10.2. The normalized spacial score (nSPS) is 12.8. The molecule has 1 aromatic rings. The Hall–Kier alpha value is -1.17. The van der Waals surface area contributed by atoms with Gasteiger partial charge in [-0.25, -0.2) is 0 Å². The van der Waals surface area contributed by atoms with Gasteiger partial charge in [0.1, 0.15) is 5.82 Å². The number of unbranched alkanes of at least 4 members (excludes halogenated alkanes) is 3. The second kappa shape index (κ2) is 12.0. The van der Waals surface area contributed by atoms with Crippen LogP contribution in [-0.4, -0.2) is 71.4 Å². The van der Waals surface area contributed by atoms with Crippen LogP contribution >= 0.6 is 15.2 Å². The van der Waals surface area contributed by atoms with Gasteiger partial charge >= 0.3 is 15.2 Å². The van der Waals surface area contributed by atoms with Crippen LogP contribution in [0.2, 0.25) is 0 Å². The van der Waals surface area contributed by atoms with Gasteiger partial charge in [0.2, 0.25) is 11.9 Å². The van der Waals surface area contributed by atoms with Crippen LogP contribution in [0.3, 0.4) is 0 Å². The van der Waals surface area contributed by atoms with E-state index in [0.29, 0.717) is 18.3 Å². The summed E-state index contributed by atoms with van der Waals surface area (Å²) < 4.78 is 22.7. The van der Waals surface area contributed by atoms with Crippen molar-refractivity contribution in [2.24, 2.45) is 0 Å². The molecule has 0 aliphatic heterocycles. The van der Waals surface area contributed by atoms with E-state index in [4.69, 9.17) is 19.6 Å². The van der Waals surface area contributed by atoms with Crippen molar-refractivity contribution in [3.8, 4) is 0 Å². The maximum Gasteiger partial charge on any atom is 0.369 e. The van der Waals surface area contributed by atoms with E-state index in [9.17, 15) is 14.2 Å². The Kier molecular flexibility index (Phi) is 10.8. The van der Waals surface area contributed by atoms with Gasteiger partial charge in [-0.15, -0.1) is 0 Å². The number of hydrogen-bond donors (Lipinski definition) is 8. The standard InChI is InChI=1S/C15H32N6O7P2/c1-12-19-13(17-10-6-4-3-5-9-16-2)21-14(20-12)18-11-7-8-15(22,29(23,24)25)30(26,27)28/h16,22H,3-11H2,1-2H3,(H2,23,24,25)(H2,26,27,28)(H2,17,18,19,20,21). The smallest absolute Gasteiger partial charge is 0.368 e. The molecule has 15 heteroatoms. The summed E-state index contributed by atoms with van der Waals surface area (Å²) in [5, 5.41) is 15.4. The number of nitrogens with one attached hydrogen (secondary N) is 3. The minimum atomic E-state index is -5.45. The number of aliphatic hydroxyl groups is 1. The van der Waals surface area contributed by atoms with Gasteiger partial charge in [-0.1, -0.05) is 12.8 Å². The predicted octanol–water partition coefficient (Wildman–Crippen LogP) is 0.565. The van der Waals surface area contributed by atoms with Gasteiger partial charge in [0.05, 0.1) is 0 Å². The number of aryl methyl sites for hydroxylation is 1. The van der Waals surface area contributed by atoms with Crippen LogP contribution in [0.5, 0.6) is 0 Å². The molecule has 0 aliphatic rings. The molecule has 174 valence electrons. The Morgan fingerprint density at radius 1 is 0.800 bits per heavy atom. The van der Waals surface area contributed by atoms with Crippen LogP contribution in [0.4, 0.5) is 11.9 Å². The van der Waals surface area contributed by atoms with Crippen LogP contribution in [0.15, 0.2) is 0 Å². The molecule has 30 heavy (non-hydrogen) atoms. The minimum absolute atomic E-state index is 0.0245. The largest absolute Gasteiger partial charge is 0.369 e.